The number of hydrogen-bond donors (Lipinski definition) is 2. The predicted molar refractivity (Wildman–Crippen MR) is 111 cm³/mol. The molecule has 0 amide bonds. The Kier molecular flexibility index (Phi) is 5.24. The van der Waals surface area contributed by atoms with Gasteiger partial charge in [-0.15, -0.1) is 0 Å². The molecule has 0 unspecified atom stereocenters. The molecule has 0 aliphatic heterocycles. The van der Waals surface area contributed by atoms with E-state index >= 15 is 0 Å². The minimum atomic E-state index is -4.56. The molecule has 3 aromatic rings. The van der Waals surface area contributed by atoms with Gasteiger partial charge >= 0.3 is 6.18 Å². The lowest BCUT2D eigenvalue weighted by Gasteiger charge is -2.21. The Labute approximate surface area is 177 Å². The average molecular weight is 429 g/mol. The number of nitrogens with one attached hydrogen (secondary N) is 2. The van der Waals surface area contributed by atoms with E-state index in [1.807, 2.05) is 26.8 Å². The topological polar surface area (TPSA) is 88.5 Å². The molecule has 0 atom stereocenters. The molecule has 10 heteroatoms. The second kappa shape index (κ2) is 7.75. The van der Waals surface area contributed by atoms with Gasteiger partial charge in [0.05, 0.1) is 0 Å². The summed E-state index contributed by atoms with van der Waals surface area (Å²) in [6.07, 6.45) is -0.617. The molecule has 1 saturated carbocycles. The molecule has 0 aromatic carbocycles. The maximum atomic E-state index is 13.1. The average Bonchev–Trinajstić information content (AvgIpc) is 3.51. The molecule has 4 rings (SSSR count). The minimum Gasteiger partial charge on any atom is -0.349 e. The maximum absolute atomic E-state index is 13.1. The van der Waals surface area contributed by atoms with E-state index in [4.69, 9.17) is 0 Å². The standard InChI is InChI=1S/C21H22F3N7/c1-20(2,3)31-19-29-17(14-5-4-6-16(27-14)21(22,23)24)28-18(30-19)26-13-9-10-25-15(11-13)12-7-8-12/h4-6,9-12H,7-8H2,1-3H3,(H2,25,26,28,29,30,31). The number of anilines is 3. The zero-order valence-corrected chi connectivity index (χ0v) is 17.3. The maximum Gasteiger partial charge on any atom is 0.433 e. The zero-order chi connectivity index (χ0) is 22.2. The number of halogens is 3. The number of pyridine rings is 2. The molecular formula is C21H22F3N7. The molecule has 1 aliphatic carbocycles. The molecular weight excluding hydrogens is 407 g/mol. The second-order valence-electron chi connectivity index (χ2n) is 8.46. The highest BCUT2D eigenvalue weighted by Gasteiger charge is 2.33. The first-order valence-electron chi connectivity index (χ1n) is 9.89. The number of rotatable bonds is 5. The first-order valence-corrected chi connectivity index (χ1v) is 9.89. The van der Waals surface area contributed by atoms with Gasteiger partial charge in [0.2, 0.25) is 11.9 Å². The first-order chi connectivity index (χ1) is 14.6. The molecule has 1 fully saturated rings. The largest absolute Gasteiger partial charge is 0.433 e. The Morgan fingerprint density at radius 3 is 2.35 bits per heavy atom. The first kappa shape index (κ1) is 21.0. The fraction of sp³-hybridized carbons (Fsp3) is 0.381. The van der Waals surface area contributed by atoms with Crippen LogP contribution in [0.4, 0.5) is 30.8 Å². The number of hydrogen-bond acceptors (Lipinski definition) is 7. The lowest BCUT2D eigenvalue weighted by atomic mass is 10.1. The van der Waals surface area contributed by atoms with E-state index < -0.39 is 11.9 Å². The Morgan fingerprint density at radius 2 is 1.68 bits per heavy atom. The van der Waals surface area contributed by atoms with Gasteiger partial charge in [-0.25, -0.2) is 4.98 Å². The van der Waals surface area contributed by atoms with Crippen LogP contribution in [0, 0.1) is 0 Å². The van der Waals surface area contributed by atoms with Gasteiger partial charge in [0, 0.05) is 29.0 Å². The van der Waals surface area contributed by atoms with E-state index in [9.17, 15) is 13.2 Å². The summed E-state index contributed by atoms with van der Waals surface area (Å²) in [5, 5.41) is 6.25. The highest BCUT2D eigenvalue weighted by Crippen LogP contribution is 2.39. The van der Waals surface area contributed by atoms with E-state index in [2.05, 4.69) is 35.6 Å². The van der Waals surface area contributed by atoms with Gasteiger partial charge in [0.25, 0.3) is 0 Å². The van der Waals surface area contributed by atoms with Gasteiger partial charge in [0.1, 0.15) is 11.4 Å². The molecule has 162 valence electrons. The van der Waals surface area contributed by atoms with E-state index in [0.717, 1.165) is 30.3 Å². The van der Waals surface area contributed by atoms with E-state index in [0.29, 0.717) is 5.92 Å². The van der Waals surface area contributed by atoms with Crippen molar-refractivity contribution in [3.05, 3.63) is 47.9 Å². The van der Waals surface area contributed by atoms with Crippen molar-refractivity contribution in [2.75, 3.05) is 10.6 Å². The van der Waals surface area contributed by atoms with Crippen LogP contribution in [0.15, 0.2) is 36.5 Å². The quantitative estimate of drug-likeness (QED) is 0.578. The van der Waals surface area contributed by atoms with Gasteiger partial charge in [-0.3, -0.25) is 4.98 Å². The lowest BCUT2D eigenvalue weighted by molar-refractivity contribution is -0.141. The van der Waals surface area contributed by atoms with Crippen molar-refractivity contribution in [2.45, 2.75) is 51.2 Å². The van der Waals surface area contributed by atoms with Crippen LogP contribution >= 0.6 is 0 Å². The van der Waals surface area contributed by atoms with Crippen molar-refractivity contribution < 1.29 is 13.2 Å². The summed E-state index contributed by atoms with van der Waals surface area (Å²) >= 11 is 0. The zero-order valence-electron chi connectivity index (χ0n) is 17.3. The van der Waals surface area contributed by atoms with Crippen LogP contribution in [0.25, 0.3) is 11.5 Å². The molecule has 0 radical (unpaired) electrons. The summed E-state index contributed by atoms with van der Waals surface area (Å²) in [5.74, 6) is 0.939. The van der Waals surface area contributed by atoms with Crippen LogP contribution in [-0.4, -0.2) is 30.5 Å². The summed E-state index contributed by atoms with van der Waals surface area (Å²) in [6.45, 7) is 5.78. The highest BCUT2D eigenvalue weighted by molar-refractivity contribution is 5.59. The van der Waals surface area contributed by atoms with Crippen molar-refractivity contribution >= 4 is 17.6 Å². The number of alkyl halides is 3. The third-order valence-corrected chi connectivity index (χ3v) is 4.42. The van der Waals surface area contributed by atoms with Crippen LogP contribution in [0.1, 0.15) is 50.9 Å². The predicted octanol–water partition coefficient (Wildman–Crippen LogP) is 5.18. The van der Waals surface area contributed by atoms with Gasteiger partial charge in [-0.1, -0.05) is 6.07 Å². The Hall–Kier alpha value is -3.30. The van der Waals surface area contributed by atoms with E-state index in [1.54, 1.807) is 12.3 Å². The molecule has 3 aromatic heterocycles. The van der Waals surface area contributed by atoms with Crippen molar-refractivity contribution in [1.29, 1.82) is 0 Å². The van der Waals surface area contributed by atoms with Crippen molar-refractivity contribution in [3.63, 3.8) is 0 Å². The van der Waals surface area contributed by atoms with Crippen molar-refractivity contribution in [2.24, 2.45) is 0 Å². The Bertz CT molecular complexity index is 1090. The highest BCUT2D eigenvalue weighted by atomic mass is 19.4. The smallest absolute Gasteiger partial charge is 0.349 e. The summed E-state index contributed by atoms with van der Waals surface area (Å²) in [4.78, 5) is 21.1. The minimum absolute atomic E-state index is 0.00521. The van der Waals surface area contributed by atoms with Gasteiger partial charge in [-0.05, 0) is 57.9 Å². The fourth-order valence-corrected chi connectivity index (χ4v) is 2.91. The molecule has 2 N–H and O–H groups in total. The molecule has 7 nitrogen and oxygen atoms in total. The van der Waals surface area contributed by atoms with Crippen LogP contribution < -0.4 is 10.6 Å². The monoisotopic (exact) mass is 429 g/mol. The summed E-state index contributed by atoms with van der Waals surface area (Å²) < 4.78 is 39.3. The van der Waals surface area contributed by atoms with Gasteiger partial charge < -0.3 is 10.6 Å². The molecule has 0 bridgehead atoms. The third-order valence-electron chi connectivity index (χ3n) is 4.42. The molecule has 0 saturated heterocycles. The molecule has 0 spiro atoms. The fourth-order valence-electron chi connectivity index (χ4n) is 2.91. The molecule has 3 heterocycles. The summed E-state index contributed by atoms with van der Waals surface area (Å²) in [5.41, 5.74) is 0.367. The lowest BCUT2D eigenvalue weighted by Crippen LogP contribution is -2.27. The van der Waals surface area contributed by atoms with Crippen LogP contribution in [0.2, 0.25) is 0 Å². The third kappa shape index (κ3) is 5.44. The number of nitrogens with zero attached hydrogens (tertiary/aromatic N) is 5. The molecule has 31 heavy (non-hydrogen) atoms. The Morgan fingerprint density at radius 1 is 0.935 bits per heavy atom. The van der Waals surface area contributed by atoms with Gasteiger partial charge in [-0.2, -0.15) is 28.1 Å². The normalized spacial score (nSPS) is 14.4. The van der Waals surface area contributed by atoms with Crippen LogP contribution in [-0.2, 0) is 6.18 Å². The SMILES string of the molecule is CC(C)(C)Nc1nc(Nc2ccnc(C3CC3)c2)nc(-c2cccc(C(F)(F)F)n2)n1. The summed E-state index contributed by atoms with van der Waals surface area (Å²) in [6, 6.07) is 7.35. The second-order valence-corrected chi connectivity index (χ2v) is 8.46. The van der Waals surface area contributed by atoms with Crippen molar-refractivity contribution in [1.82, 2.24) is 24.9 Å². The number of aromatic nitrogens is 5. The molecule has 1 aliphatic rings. The van der Waals surface area contributed by atoms with E-state index in [1.165, 1.54) is 12.1 Å². The summed E-state index contributed by atoms with van der Waals surface area (Å²) in [7, 11) is 0. The van der Waals surface area contributed by atoms with Crippen molar-refractivity contribution in [3.8, 4) is 11.5 Å². The van der Waals surface area contributed by atoms with Crippen LogP contribution in [0.5, 0.6) is 0 Å². The van der Waals surface area contributed by atoms with Gasteiger partial charge in [0.15, 0.2) is 5.82 Å². The van der Waals surface area contributed by atoms with E-state index in [-0.39, 0.29) is 29.0 Å². The van der Waals surface area contributed by atoms with Crippen LogP contribution in [0.3, 0.4) is 0 Å². The Balaban J connectivity index is 1.72.